The smallest absolute Gasteiger partial charge is 0.270 e. The van der Waals surface area contributed by atoms with Gasteiger partial charge in [0.15, 0.2) is 4.91 Å². The maximum absolute atomic E-state index is 13.3. The van der Waals surface area contributed by atoms with Crippen LogP contribution in [0.3, 0.4) is 0 Å². The molecule has 1 aliphatic rings. The van der Waals surface area contributed by atoms with E-state index < -0.39 is 21.6 Å². The number of ketones is 1. The number of nitrogens with zero attached hydrogens (tertiary/aromatic N) is 1. The monoisotopic (exact) mass is 471 g/mol. The maximum Gasteiger partial charge on any atom is 0.270 e. The van der Waals surface area contributed by atoms with Crippen molar-refractivity contribution in [3.8, 4) is 0 Å². The second-order valence-corrected chi connectivity index (χ2v) is 9.76. The van der Waals surface area contributed by atoms with E-state index in [9.17, 15) is 22.4 Å². The quantitative estimate of drug-likeness (QED) is 0.540. The molecule has 2 heterocycles. The van der Waals surface area contributed by atoms with Crippen LogP contribution in [0.1, 0.15) is 22.2 Å². The first-order chi connectivity index (χ1) is 15.3. The Morgan fingerprint density at radius 1 is 1.06 bits per heavy atom. The Kier molecular flexibility index (Phi) is 5.81. The molecule has 3 aromatic rings. The van der Waals surface area contributed by atoms with Crippen molar-refractivity contribution < 1.29 is 22.4 Å². The highest BCUT2D eigenvalue weighted by molar-refractivity contribution is 7.97. The highest BCUT2D eigenvalue weighted by atomic mass is 32.2. The Balaban J connectivity index is 1.65. The molecule has 2 N–H and O–H groups in total. The van der Waals surface area contributed by atoms with E-state index >= 15 is 0 Å². The van der Waals surface area contributed by atoms with Crippen LogP contribution in [-0.4, -0.2) is 20.1 Å². The fourth-order valence-electron chi connectivity index (χ4n) is 3.21. The number of Topliss-reactive ketones (excluding diaryl/α,β-unsaturated/α-hetero) is 1. The summed E-state index contributed by atoms with van der Waals surface area (Å²) in [7, 11) is -4.16. The second kappa shape index (κ2) is 8.56. The molecule has 1 aromatic heterocycles. The Morgan fingerprint density at radius 2 is 1.72 bits per heavy atom. The first-order valence-corrected chi connectivity index (χ1v) is 11.8. The van der Waals surface area contributed by atoms with E-state index in [2.05, 4.69) is 10.6 Å². The van der Waals surface area contributed by atoms with E-state index in [1.165, 1.54) is 37.4 Å². The van der Waals surface area contributed by atoms with Gasteiger partial charge >= 0.3 is 0 Å². The number of fused-ring (bicyclic) bond motifs is 1. The van der Waals surface area contributed by atoms with Gasteiger partial charge < -0.3 is 10.6 Å². The van der Waals surface area contributed by atoms with Crippen molar-refractivity contribution >= 4 is 50.1 Å². The second-order valence-electron chi connectivity index (χ2n) is 7.01. The largest absolute Gasteiger partial charge is 0.360 e. The highest BCUT2D eigenvalue weighted by Gasteiger charge is 2.41. The summed E-state index contributed by atoms with van der Waals surface area (Å²) >= 11 is 1.16. The summed E-state index contributed by atoms with van der Waals surface area (Å²) in [5.74, 6) is -1.22. The predicted octanol–water partition coefficient (Wildman–Crippen LogP) is 4.33. The number of halogens is 1. The Labute approximate surface area is 188 Å². The Bertz CT molecular complexity index is 1310. The zero-order valence-electron chi connectivity index (χ0n) is 16.8. The van der Waals surface area contributed by atoms with Crippen LogP contribution in [-0.2, 0) is 21.4 Å². The van der Waals surface area contributed by atoms with Crippen molar-refractivity contribution in [3.63, 3.8) is 0 Å². The summed E-state index contributed by atoms with van der Waals surface area (Å²) < 4.78 is 41.1. The van der Waals surface area contributed by atoms with Gasteiger partial charge in [0, 0.05) is 24.5 Å². The Hall–Kier alpha value is -3.50. The lowest BCUT2D eigenvalue weighted by molar-refractivity contribution is -0.114. The molecule has 0 unspecified atom stereocenters. The van der Waals surface area contributed by atoms with Gasteiger partial charge in [0.2, 0.25) is 11.7 Å². The van der Waals surface area contributed by atoms with E-state index in [0.717, 1.165) is 15.6 Å². The van der Waals surface area contributed by atoms with Gasteiger partial charge in [-0.3, -0.25) is 13.9 Å². The van der Waals surface area contributed by atoms with Crippen molar-refractivity contribution in [1.29, 1.82) is 0 Å². The van der Waals surface area contributed by atoms with E-state index in [-0.39, 0.29) is 17.4 Å². The van der Waals surface area contributed by atoms with Gasteiger partial charge in [-0.15, -0.1) is 11.3 Å². The summed E-state index contributed by atoms with van der Waals surface area (Å²) in [4.78, 5) is 24.0. The normalized spacial score (nSPS) is 16.0. The number of rotatable bonds is 5. The van der Waals surface area contributed by atoms with Gasteiger partial charge in [0.05, 0.1) is 12.2 Å². The van der Waals surface area contributed by atoms with Crippen LogP contribution < -0.4 is 14.9 Å². The number of hydrogen-bond donors (Lipinski definition) is 2. The number of hydrogen-bond acceptors (Lipinski definition) is 6. The molecule has 0 aliphatic carbocycles. The summed E-state index contributed by atoms with van der Waals surface area (Å²) in [6.45, 7) is 1.36. The van der Waals surface area contributed by atoms with Gasteiger partial charge in [-0.05, 0) is 53.4 Å². The molecule has 4 rings (SSSR count). The molecule has 0 bridgehead atoms. The van der Waals surface area contributed by atoms with Crippen LogP contribution in [0.2, 0.25) is 0 Å². The number of amides is 1. The van der Waals surface area contributed by atoms with Crippen LogP contribution in [0.15, 0.2) is 71.1 Å². The number of carbonyl (C=O) groups is 2. The Morgan fingerprint density at radius 3 is 2.38 bits per heavy atom. The third kappa shape index (κ3) is 4.27. The topological polar surface area (TPSA) is 95.6 Å². The molecule has 0 spiro atoms. The van der Waals surface area contributed by atoms with Crippen LogP contribution in [0.5, 0.6) is 0 Å². The molecule has 7 nitrogen and oxygen atoms in total. The number of thiophene rings is 1. The minimum Gasteiger partial charge on any atom is -0.360 e. The van der Waals surface area contributed by atoms with Crippen molar-refractivity contribution in [1.82, 2.24) is 0 Å². The number of sulfonamides is 1. The third-order valence-corrected chi connectivity index (χ3v) is 7.39. The third-order valence-electron chi connectivity index (χ3n) is 4.73. The summed E-state index contributed by atoms with van der Waals surface area (Å²) in [6.07, 6.45) is 1.17. The van der Waals surface area contributed by atoms with Crippen molar-refractivity contribution in [3.05, 3.63) is 87.3 Å². The van der Waals surface area contributed by atoms with E-state index in [1.807, 2.05) is 0 Å². The number of benzene rings is 2. The van der Waals surface area contributed by atoms with Crippen molar-refractivity contribution in [2.75, 3.05) is 14.9 Å². The zero-order chi connectivity index (χ0) is 22.9. The van der Waals surface area contributed by atoms with Crippen molar-refractivity contribution in [2.45, 2.75) is 13.5 Å². The predicted molar refractivity (Wildman–Crippen MR) is 123 cm³/mol. The molecule has 1 amide bonds. The number of allylic oxidation sites excluding steroid dienone is 1. The summed E-state index contributed by atoms with van der Waals surface area (Å²) in [5, 5.41) is 7.15. The van der Waals surface area contributed by atoms with E-state index in [0.29, 0.717) is 27.5 Å². The van der Waals surface area contributed by atoms with Gasteiger partial charge in [0.1, 0.15) is 10.7 Å². The van der Waals surface area contributed by atoms with E-state index in [4.69, 9.17) is 0 Å². The van der Waals surface area contributed by atoms with Crippen LogP contribution in [0.25, 0.3) is 0 Å². The molecule has 0 saturated heterocycles. The first-order valence-electron chi connectivity index (χ1n) is 9.49. The molecule has 1 aliphatic heterocycles. The molecule has 10 heteroatoms. The molecule has 32 heavy (non-hydrogen) atoms. The number of anilines is 3. The maximum atomic E-state index is 13.3. The molecule has 0 radical (unpaired) electrons. The average molecular weight is 472 g/mol. The fraction of sp³-hybridized carbons (Fsp3) is 0.0909. The molecule has 0 saturated carbocycles. The molecule has 0 atom stereocenters. The van der Waals surface area contributed by atoms with E-state index in [1.54, 1.807) is 35.7 Å². The lowest BCUT2D eigenvalue weighted by Gasteiger charge is -2.29. The lowest BCUT2D eigenvalue weighted by Crippen LogP contribution is -2.38. The SMILES string of the molecule is CC(=O)Nc1ccc(N/C=C2/C(=O)c3sccc3N(Cc3ccc(F)cc3)S2(=O)=O)cc1. The molecule has 2 aromatic carbocycles. The summed E-state index contributed by atoms with van der Waals surface area (Å²) in [6, 6.07) is 13.7. The molecular weight excluding hydrogens is 453 g/mol. The molecule has 0 fully saturated rings. The van der Waals surface area contributed by atoms with Gasteiger partial charge in [0.25, 0.3) is 10.0 Å². The fourth-order valence-corrected chi connectivity index (χ4v) is 5.70. The average Bonchev–Trinajstić information content (AvgIpc) is 3.23. The summed E-state index contributed by atoms with van der Waals surface area (Å²) in [5.41, 5.74) is 2.02. The number of nitrogens with one attached hydrogen (secondary N) is 2. The minimum atomic E-state index is -4.16. The minimum absolute atomic E-state index is 0.0393. The molecular formula is C22H18FN3O4S2. The van der Waals surface area contributed by atoms with Crippen LogP contribution >= 0.6 is 11.3 Å². The van der Waals surface area contributed by atoms with Gasteiger partial charge in [-0.2, -0.15) is 0 Å². The standard InChI is InChI=1S/C22H18FN3O4S2/c1-14(27)25-18-8-6-17(7-9-18)24-12-20-21(28)22-19(10-11-31-22)26(32(20,29)30)13-15-2-4-16(23)5-3-15/h2-12,24H,13H2,1H3,(H,25,27)/b20-12-. The van der Waals surface area contributed by atoms with Crippen LogP contribution in [0.4, 0.5) is 21.5 Å². The molecule has 164 valence electrons. The van der Waals surface area contributed by atoms with Gasteiger partial charge in [-0.25, -0.2) is 12.8 Å². The first kappa shape index (κ1) is 21.7. The van der Waals surface area contributed by atoms with Crippen LogP contribution in [0, 0.1) is 5.82 Å². The highest BCUT2D eigenvalue weighted by Crippen LogP contribution is 2.39. The number of carbonyl (C=O) groups excluding carboxylic acids is 2. The van der Waals surface area contributed by atoms with Crippen molar-refractivity contribution in [2.24, 2.45) is 0 Å². The lowest BCUT2D eigenvalue weighted by atomic mass is 10.2. The van der Waals surface area contributed by atoms with Gasteiger partial charge in [-0.1, -0.05) is 12.1 Å². The zero-order valence-corrected chi connectivity index (χ0v) is 18.5.